The summed E-state index contributed by atoms with van der Waals surface area (Å²) in [5.41, 5.74) is 7.86. The molecule has 3 aromatic rings. The highest BCUT2D eigenvalue weighted by Gasteiger charge is 2.46. The summed E-state index contributed by atoms with van der Waals surface area (Å²) in [4.78, 5) is 28.4. The van der Waals surface area contributed by atoms with Crippen LogP contribution in [-0.4, -0.2) is 40.8 Å². The minimum Gasteiger partial charge on any atom is -0.408 e. The minimum absolute atomic E-state index is 0.197. The zero-order valence-corrected chi connectivity index (χ0v) is 17.1. The van der Waals surface area contributed by atoms with E-state index in [1.807, 2.05) is 24.3 Å². The van der Waals surface area contributed by atoms with Crippen molar-refractivity contribution in [1.82, 2.24) is 14.9 Å². The minimum atomic E-state index is -1.39. The lowest BCUT2D eigenvalue weighted by Gasteiger charge is -2.33. The maximum Gasteiger partial charge on any atom is 0.419 e. The van der Waals surface area contributed by atoms with E-state index in [4.69, 9.17) is 14.9 Å². The van der Waals surface area contributed by atoms with Gasteiger partial charge in [0.2, 0.25) is 0 Å². The summed E-state index contributed by atoms with van der Waals surface area (Å²) in [5.74, 6) is -1.84. The Balaban J connectivity index is 1.59. The van der Waals surface area contributed by atoms with Crippen molar-refractivity contribution in [3.8, 4) is 17.2 Å². The molecule has 0 radical (unpaired) electrons. The number of pyridine rings is 1. The Morgan fingerprint density at radius 1 is 1.39 bits per heavy atom. The van der Waals surface area contributed by atoms with E-state index in [-0.39, 0.29) is 13.0 Å². The smallest absolute Gasteiger partial charge is 0.408 e. The van der Waals surface area contributed by atoms with Gasteiger partial charge in [0.25, 0.3) is 5.91 Å². The maximum absolute atomic E-state index is 12.2. The molecule has 9 heteroatoms. The Kier molecular flexibility index (Phi) is 5.59. The van der Waals surface area contributed by atoms with Gasteiger partial charge < -0.3 is 20.2 Å². The summed E-state index contributed by atoms with van der Waals surface area (Å²) in [5, 5.41) is 12.9. The molecule has 0 spiro atoms. The molecule has 1 aromatic carbocycles. The fourth-order valence-electron chi connectivity index (χ4n) is 3.88. The molecular weight excluding hydrogens is 398 g/mol. The molecule has 1 unspecified atom stereocenters. The van der Waals surface area contributed by atoms with Crippen LogP contribution in [0.5, 0.6) is 0 Å². The van der Waals surface area contributed by atoms with Crippen LogP contribution in [0.4, 0.5) is 0 Å². The summed E-state index contributed by atoms with van der Waals surface area (Å²) >= 11 is 0. The van der Waals surface area contributed by atoms with E-state index in [2.05, 4.69) is 16.4 Å². The molecule has 4 rings (SSSR count). The first-order valence-electron chi connectivity index (χ1n) is 10.0. The second-order valence-electron chi connectivity index (χ2n) is 7.67. The molecule has 1 fully saturated rings. The highest BCUT2D eigenvalue weighted by atomic mass is 16.5. The molecule has 1 aliphatic heterocycles. The number of nitrogens with one attached hydrogen (secondary N) is 1. The quantitative estimate of drug-likeness (QED) is 0.630. The van der Waals surface area contributed by atoms with Gasteiger partial charge in [-0.25, -0.2) is 4.79 Å². The Labute approximate surface area is 178 Å². The van der Waals surface area contributed by atoms with Crippen LogP contribution in [0.1, 0.15) is 12.1 Å². The number of oxazole rings is 1. The zero-order valence-electron chi connectivity index (χ0n) is 17.1. The summed E-state index contributed by atoms with van der Waals surface area (Å²) < 4.78 is 12.4. The third-order valence-electron chi connectivity index (χ3n) is 5.74. The predicted molar refractivity (Wildman–Crippen MR) is 113 cm³/mol. The molecule has 0 saturated carbocycles. The Hall–Kier alpha value is -3.48. The molecule has 0 bridgehead atoms. The van der Waals surface area contributed by atoms with Crippen LogP contribution < -0.4 is 16.8 Å². The average molecular weight is 421 g/mol. The lowest BCUT2D eigenvalue weighted by Crippen LogP contribution is -2.57. The van der Waals surface area contributed by atoms with Gasteiger partial charge in [0.05, 0.1) is 17.5 Å². The Bertz CT molecular complexity index is 1200. The Morgan fingerprint density at radius 3 is 2.90 bits per heavy atom. The van der Waals surface area contributed by atoms with Gasteiger partial charge in [0.15, 0.2) is 11.2 Å². The number of primary amides is 1. The number of hydrogen-bond acceptors (Lipinski definition) is 7. The Morgan fingerprint density at radius 2 is 2.19 bits per heavy atom. The predicted octanol–water partition coefficient (Wildman–Crippen LogP) is 1.11. The van der Waals surface area contributed by atoms with Crippen LogP contribution in [0.3, 0.4) is 0 Å². The third kappa shape index (κ3) is 3.83. The number of nitrogens with two attached hydrogens (primary N) is 1. The molecule has 3 N–H and O–H groups in total. The second kappa shape index (κ2) is 8.34. The number of aromatic nitrogens is 2. The SMILES string of the molecule is Cn1c(=O)oc2ccc(-c3ccc(C[C@H](C#N)C4(C(N)=O)CNCCCO4)nc3)cc21. The van der Waals surface area contributed by atoms with Gasteiger partial charge in [0, 0.05) is 44.1 Å². The maximum atomic E-state index is 12.2. The van der Waals surface area contributed by atoms with Crippen molar-refractivity contribution in [3.63, 3.8) is 0 Å². The molecule has 1 amide bonds. The first-order valence-corrected chi connectivity index (χ1v) is 10.0. The molecule has 1 aliphatic rings. The summed E-state index contributed by atoms with van der Waals surface area (Å²) in [7, 11) is 1.65. The standard InChI is InChI=1S/C22H23N5O4/c1-27-18-9-14(4-6-19(18)31-21(27)29)15-3-5-17(26-12-15)10-16(11-23)22(20(24)28)13-25-7-2-8-30-22/h3-6,9,12,16,25H,2,7-8,10,13H2,1H3,(H2,24,28)/t16-,22?/m1/s1. The number of hydrogen-bond donors (Lipinski definition) is 2. The number of fused-ring (bicyclic) bond motifs is 1. The van der Waals surface area contributed by atoms with Gasteiger partial charge in [-0.3, -0.25) is 14.3 Å². The van der Waals surface area contributed by atoms with Gasteiger partial charge in [-0.2, -0.15) is 5.26 Å². The highest BCUT2D eigenvalue weighted by Crippen LogP contribution is 2.28. The largest absolute Gasteiger partial charge is 0.419 e. The lowest BCUT2D eigenvalue weighted by atomic mass is 9.83. The first kappa shape index (κ1) is 20.8. The molecule has 160 valence electrons. The molecule has 9 nitrogen and oxygen atoms in total. The monoisotopic (exact) mass is 421 g/mol. The summed E-state index contributed by atoms with van der Waals surface area (Å²) in [6, 6.07) is 11.4. The van der Waals surface area contributed by atoms with Crippen molar-refractivity contribution in [1.29, 1.82) is 5.26 Å². The molecular formula is C22H23N5O4. The lowest BCUT2D eigenvalue weighted by molar-refractivity contribution is -0.147. The van der Waals surface area contributed by atoms with Crippen molar-refractivity contribution in [3.05, 3.63) is 52.8 Å². The zero-order chi connectivity index (χ0) is 22.0. The second-order valence-corrected chi connectivity index (χ2v) is 7.67. The van der Waals surface area contributed by atoms with Crippen LogP contribution in [0, 0.1) is 17.2 Å². The number of carbonyl (C=O) groups excluding carboxylic acids is 1. The summed E-state index contributed by atoms with van der Waals surface area (Å²) in [6.45, 7) is 1.26. The van der Waals surface area contributed by atoms with E-state index in [0.717, 1.165) is 17.5 Å². The fourth-order valence-corrected chi connectivity index (χ4v) is 3.88. The molecule has 31 heavy (non-hydrogen) atoms. The summed E-state index contributed by atoms with van der Waals surface area (Å²) in [6.07, 6.45) is 2.68. The number of ether oxygens (including phenoxy) is 1. The number of carbonyl (C=O) groups is 1. The van der Waals surface area contributed by atoms with Crippen molar-refractivity contribution in [2.45, 2.75) is 18.4 Å². The number of aryl methyl sites for hydroxylation is 1. The van der Waals surface area contributed by atoms with E-state index in [1.165, 1.54) is 4.57 Å². The average Bonchev–Trinajstić information content (AvgIpc) is 2.95. The van der Waals surface area contributed by atoms with Crippen molar-refractivity contribution >= 4 is 17.0 Å². The van der Waals surface area contributed by atoms with Crippen LogP contribution >= 0.6 is 0 Å². The van der Waals surface area contributed by atoms with Crippen LogP contribution in [0.15, 0.2) is 45.7 Å². The van der Waals surface area contributed by atoms with E-state index < -0.39 is 23.2 Å². The third-order valence-corrected chi connectivity index (χ3v) is 5.74. The fraction of sp³-hybridized carbons (Fsp3) is 0.364. The van der Waals surface area contributed by atoms with Crippen LogP contribution in [0.25, 0.3) is 22.2 Å². The number of benzene rings is 1. The molecule has 1 saturated heterocycles. The topological polar surface area (TPSA) is 136 Å². The number of rotatable bonds is 5. The first-order chi connectivity index (χ1) is 14.9. The number of nitriles is 1. The number of nitrogens with zero attached hydrogens (tertiary/aromatic N) is 3. The van der Waals surface area contributed by atoms with Gasteiger partial charge in [-0.05, 0) is 36.7 Å². The molecule has 2 aromatic heterocycles. The van der Waals surface area contributed by atoms with Gasteiger partial charge >= 0.3 is 5.76 Å². The van der Waals surface area contributed by atoms with Crippen molar-refractivity contribution < 1.29 is 13.9 Å². The molecule has 0 aliphatic carbocycles. The highest BCUT2D eigenvalue weighted by molar-refractivity contribution is 5.85. The van der Waals surface area contributed by atoms with Crippen molar-refractivity contribution in [2.75, 3.05) is 19.7 Å². The van der Waals surface area contributed by atoms with E-state index in [0.29, 0.717) is 29.9 Å². The van der Waals surface area contributed by atoms with E-state index in [9.17, 15) is 14.9 Å². The normalized spacial score (nSPS) is 20.1. The van der Waals surface area contributed by atoms with Crippen LogP contribution in [-0.2, 0) is 23.0 Å². The van der Waals surface area contributed by atoms with Crippen LogP contribution in [0.2, 0.25) is 0 Å². The molecule has 3 heterocycles. The van der Waals surface area contributed by atoms with E-state index in [1.54, 1.807) is 19.3 Å². The molecule has 2 atom stereocenters. The van der Waals surface area contributed by atoms with Crippen molar-refractivity contribution in [2.24, 2.45) is 18.7 Å². The van der Waals surface area contributed by atoms with Gasteiger partial charge in [-0.1, -0.05) is 12.1 Å². The van der Waals surface area contributed by atoms with Gasteiger partial charge in [-0.15, -0.1) is 0 Å². The number of amides is 1. The van der Waals surface area contributed by atoms with Gasteiger partial charge in [0.1, 0.15) is 0 Å². The van der Waals surface area contributed by atoms with E-state index >= 15 is 0 Å².